The molecule has 2 unspecified atom stereocenters. The minimum absolute atomic E-state index is 0.0347. The summed E-state index contributed by atoms with van der Waals surface area (Å²) in [7, 11) is 1.52. The second-order valence-corrected chi connectivity index (χ2v) is 9.25. The van der Waals surface area contributed by atoms with E-state index in [1.807, 2.05) is 0 Å². The van der Waals surface area contributed by atoms with Crippen molar-refractivity contribution in [3.8, 4) is 5.75 Å². The molecule has 6 nitrogen and oxygen atoms in total. The van der Waals surface area contributed by atoms with Crippen molar-refractivity contribution in [2.75, 3.05) is 17.7 Å². The molecule has 32 heavy (non-hydrogen) atoms. The molecule has 0 aromatic heterocycles. The van der Waals surface area contributed by atoms with Crippen molar-refractivity contribution in [3.63, 3.8) is 0 Å². The van der Waals surface area contributed by atoms with E-state index in [-0.39, 0.29) is 11.8 Å². The summed E-state index contributed by atoms with van der Waals surface area (Å²) in [6, 6.07) is 15.0. The first-order valence-corrected chi connectivity index (χ1v) is 11.6. The second-order valence-electron chi connectivity index (χ2n) is 8.85. The molecule has 7 heteroatoms. The smallest absolute Gasteiger partial charge is 0.224 e. The summed E-state index contributed by atoms with van der Waals surface area (Å²) < 4.78 is 5.40. The third-order valence-corrected chi connectivity index (χ3v) is 6.85. The standard InChI is InChI=1S/C25H30ClN3O3/c1-16(30)27-22-14-24(32-2)23(13-21(22)26)28-25(31)12-18-10-19-8-9-20(11-18)29(19)15-17-6-4-3-5-7-17/h3-7,13-14,18-20H,8-12,15H2,1-2H3,(H,27,30)(H,28,31). The van der Waals surface area contributed by atoms with Gasteiger partial charge in [0.2, 0.25) is 11.8 Å². The Bertz CT molecular complexity index is 968. The summed E-state index contributed by atoms with van der Waals surface area (Å²) in [5.41, 5.74) is 2.32. The Morgan fingerprint density at radius 3 is 2.38 bits per heavy atom. The highest BCUT2D eigenvalue weighted by Crippen LogP contribution is 2.41. The van der Waals surface area contributed by atoms with E-state index < -0.39 is 0 Å². The van der Waals surface area contributed by atoms with Crippen molar-refractivity contribution >= 4 is 34.8 Å². The van der Waals surface area contributed by atoms with Gasteiger partial charge in [-0.15, -0.1) is 0 Å². The van der Waals surface area contributed by atoms with E-state index >= 15 is 0 Å². The molecular formula is C25H30ClN3O3. The van der Waals surface area contributed by atoms with E-state index in [2.05, 4.69) is 45.9 Å². The van der Waals surface area contributed by atoms with Crippen molar-refractivity contribution in [3.05, 3.63) is 53.1 Å². The highest BCUT2D eigenvalue weighted by molar-refractivity contribution is 6.34. The number of nitrogens with one attached hydrogen (secondary N) is 2. The van der Waals surface area contributed by atoms with E-state index in [1.54, 1.807) is 12.1 Å². The van der Waals surface area contributed by atoms with Crippen LogP contribution < -0.4 is 15.4 Å². The van der Waals surface area contributed by atoms with Crippen LogP contribution in [0.2, 0.25) is 5.02 Å². The number of fused-ring (bicyclic) bond motifs is 2. The van der Waals surface area contributed by atoms with Crippen molar-refractivity contribution in [1.82, 2.24) is 4.90 Å². The maximum atomic E-state index is 12.8. The minimum atomic E-state index is -0.223. The predicted molar refractivity (Wildman–Crippen MR) is 127 cm³/mol. The van der Waals surface area contributed by atoms with E-state index in [0.29, 0.717) is 46.6 Å². The molecule has 2 fully saturated rings. The lowest BCUT2D eigenvalue weighted by Gasteiger charge is -2.39. The maximum Gasteiger partial charge on any atom is 0.224 e. The third-order valence-electron chi connectivity index (χ3n) is 6.54. The lowest BCUT2D eigenvalue weighted by Crippen LogP contribution is -2.42. The summed E-state index contributed by atoms with van der Waals surface area (Å²) >= 11 is 6.28. The number of anilines is 2. The number of benzene rings is 2. The number of ether oxygens (including phenoxy) is 1. The van der Waals surface area contributed by atoms with E-state index in [9.17, 15) is 9.59 Å². The SMILES string of the molecule is COc1cc(NC(C)=O)c(Cl)cc1NC(=O)CC1CC2CCC(C1)N2Cc1ccccc1. The normalized spacial score (nSPS) is 22.4. The number of carbonyl (C=O) groups is 2. The summed E-state index contributed by atoms with van der Waals surface area (Å²) in [5, 5.41) is 5.97. The number of carbonyl (C=O) groups excluding carboxylic acids is 2. The molecule has 2 aromatic carbocycles. The Hall–Kier alpha value is -2.57. The van der Waals surface area contributed by atoms with Gasteiger partial charge in [-0.2, -0.15) is 0 Å². The van der Waals surface area contributed by atoms with Gasteiger partial charge in [0.1, 0.15) is 5.75 Å². The monoisotopic (exact) mass is 455 g/mol. The largest absolute Gasteiger partial charge is 0.494 e. The molecule has 2 heterocycles. The van der Waals surface area contributed by atoms with Crippen LogP contribution in [0.3, 0.4) is 0 Å². The summed E-state index contributed by atoms with van der Waals surface area (Å²) in [5.74, 6) is 0.579. The van der Waals surface area contributed by atoms with Gasteiger partial charge < -0.3 is 15.4 Å². The van der Waals surface area contributed by atoms with Crippen LogP contribution in [0, 0.1) is 5.92 Å². The van der Waals surface area contributed by atoms with Crippen LogP contribution in [0.25, 0.3) is 0 Å². The highest BCUT2D eigenvalue weighted by atomic mass is 35.5. The van der Waals surface area contributed by atoms with Gasteiger partial charge in [0.25, 0.3) is 0 Å². The van der Waals surface area contributed by atoms with Gasteiger partial charge in [-0.05, 0) is 43.2 Å². The van der Waals surface area contributed by atoms with Gasteiger partial charge in [0, 0.05) is 38.0 Å². The number of amides is 2. The van der Waals surface area contributed by atoms with Crippen molar-refractivity contribution in [2.24, 2.45) is 5.92 Å². The fourth-order valence-corrected chi connectivity index (χ4v) is 5.39. The van der Waals surface area contributed by atoms with Crippen molar-refractivity contribution in [1.29, 1.82) is 0 Å². The number of hydrogen-bond acceptors (Lipinski definition) is 4. The Labute approximate surface area is 194 Å². The number of rotatable bonds is 7. The number of hydrogen-bond donors (Lipinski definition) is 2. The zero-order chi connectivity index (χ0) is 22.7. The van der Waals surface area contributed by atoms with E-state index in [0.717, 1.165) is 19.4 Å². The third kappa shape index (κ3) is 5.25. The predicted octanol–water partition coefficient (Wildman–Crippen LogP) is 5.08. The molecule has 2 bridgehead atoms. The van der Waals surface area contributed by atoms with Gasteiger partial charge in [-0.1, -0.05) is 41.9 Å². The van der Waals surface area contributed by atoms with Gasteiger partial charge in [-0.25, -0.2) is 0 Å². The Kier molecular flexibility index (Phi) is 7.01. The molecule has 2 aliphatic heterocycles. The molecule has 2 atom stereocenters. The molecule has 2 N–H and O–H groups in total. The molecule has 0 spiro atoms. The van der Waals surface area contributed by atoms with Crippen LogP contribution in [-0.2, 0) is 16.1 Å². The van der Waals surface area contributed by atoms with Gasteiger partial charge >= 0.3 is 0 Å². The first kappa shape index (κ1) is 22.6. The summed E-state index contributed by atoms with van der Waals surface area (Å²) in [4.78, 5) is 26.8. The van der Waals surface area contributed by atoms with Gasteiger partial charge in [0.15, 0.2) is 0 Å². The summed E-state index contributed by atoms with van der Waals surface area (Å²) in [6.45, 7) is 2.40. The number of nitrogens with zero attached hydrogens (tertiary/aromatic N) is 1. The lowest BCUT2D eigenvalue weighted by molar-refractivity contribution is -0.117. The molecule has 0 aliphatic carbocycles. The molecule has 0 saturated carbocycles. The average molecular weight is 456 g/mol. The fourth-order valence-electron chi connectivity index (χ4n) is 5.17. The van der Waals surface area contributed by atoms with Crippen LogP contribution in [0.15, 0.2) is 42.5 Å². The Morgan fingerprint density at radius 2 is 1.75 bits per heavy atom. The van der Waals surface area contributed by atoms with Crippen LogP contribution >= 0.6 is 11.6 Å². The first-order valence-electron chi connectivity index (χ1n) is 11.2. The molecule has 2 aromatic rings. The van der Waals surface area contributed by atoms with Crippen LogP contribution in [-0.4, -0.2) is 35.9 Å². The average Bonchev–Trinajstić information content (AvgIpc) is 2.98. The lowest BCUT2D eigenvalue weighted by atomic mass is 9.87. The highest BCUT2D eigenvalue weighted by Gasteiger charge is 2.40. The molecule has 2 aliphatic rings. The van der Waals surface area contributed by atoms with Crippen molar-refractivity contribution < 1.29 is 14.3 Å². The van der Waals surface area contributed by atoms with Crippen LogP contribution in [0.4, 0.5) is 11.4 Å². The molecule has 0 radical (unpaired) electrons. The fraction of sp³-hybridized carbons (Fsp3) is 0.440. The Balaban J connectivity index is 1.36. The van der Waals surface area contributed by atoms with Crippen LogP contribution in [0.5, 0.6) is 5.75 Å². The first-order chi connectivity index (χ1) is 15.4. The Morgan fingerprint density at radius 1 is 1.06 bits per heavy atom. The van der Waals surface area contributed by atoms with E-state index in [1.165, 1.54) is 32.4 Å². The molecule has 2 amide bonds. The van der Waals surface area contributed by atoms with Crippen molar-refractivity contribution in [2.45, 2.75) is 57.7 Å². The molecule has 4 rings (SSSR count). The number of halogens is 1. The van der Waals surface area contributed by atoms with E-state index in [4.69, 9.17) is 16.3 Å². The summed E-state index contributed by atoms with van der Waals surface area (Å²) in [6.07, 6.45) is 5.01. The topological polar surface area (TPSA) is 70.7 Å². The minimum Gasteiger partial charge on any atom is -0.494 e. The molecular weight excluding hydrogens is 426 g/mol. The second kappa shape index (κ2) is 9.92. The number of methoxy groups -OCH3 is 1. The maximum absolute atomic E-state index is 12.8. The van der Waals surface area contributed by atoms with Gasteiger partial charge in [0.05, 0.1) is 23.5 Å². The quantitative estimate of drug-likeness (QED) is 0.610. The van der Waals surface area contributed by atoms with Gasteiger partial charge in [-0.3, -0.25) is 14.5 Å². The molecule has 170 valence electrons. The van der Waals surface area contributed by atoms with Crippen LogP contribution in [0.1, 0.15) is 44.6 Å². The molecule has 2 saturated heterocycles. The zero-order valence-corrected chi connectivity index (χ0v) is 19.3. The zero-order valence-electron chi connectivity index (χ0n) is 18.6. The number of piperidine rings is 1.